The molecule has 0 N–H and O–H groups in total. The smallest absolute Gasteiger partial charge is 0.0619 e. The van der Waals surface area contributed by atoms with E-state index in [1.54, 1.807) is 0 Å². The maximum atomic E-state index is 2.60. The lowest BCUT2D eigenvalue weighted by Gasteiger charge is -2.36. The molecule has 19 rings (SSSR count). The van der Waals surface area contributed by atoms with Crippen molar-refractivity contribution in [1.82, 2.24) is 9.13 Å². The quantitative estimate of drug-likeness (QED) is 0.138. The van der Waals surface area contributed by atoms with Gasteiger partial charge in [0.05, 0.1) is 33.4 Å². The number of hydrogen-bond donors (Lipinski definition) is 0. The zero-order chi connectivity index (χ0) is 59.7. The molecule has 3 heteroatoms. The number of fused-ring (bicyclic) bond motifs is 13. The molecule has 3 atom stereocenters. The zero-order valence-electron chi connectivity index (χ0n) is 50.1. The molecule has 2 aromatic heterocycles. The van der Waals surface area contributed by atoms with Crippen LogP contribution in [-0.2, 0) is 0 Å². The normalized spacial score (nSPS) is 15.6. The third-order valence-electron chi connectivity index (χ3n) is 20.4. The second-order valence-corrected chi connectivity index (χ2v) is 26.4. The molecule has 0 amide bonds. The average Bonchev–Trinajstić information content (AvgIpc) is 1.67. The van der Waals surface area contributed by atoms with Gasteiger partial charge in [-0.1, -0.05) is 267 Å². The molecule has 17 aromatic rings. The van der Waals surface area contributed by atoms with Crippen LogP contribution in [0.25, 0.3) is 154 Å². The van der Waals surface area contributed by atoms with Crippen LogP contribution >= 0.6 is 11.8 Å². The fraction of sp³-hybridized carbons (Fsp3) is 0.0682. The van der Waals surface area contributed by atoms with Gasteiger partial charge in [0.1, 0.15) is 0 Å². The van der Waals surface area contributed by atoms with Crippen molar-refractivity contribution in [2.45, 2.75) is 41.2 Å². The Morgan fingerprint density at radius 1 is 0.275 bits per heavy atom. The number of thioether (sulfide) groups is 1. The highest BCUT2D eigenvalue weighted by Gasteiger charge is 2.44. The van der Waals surface area contributed by atoms with Gasteiger partial charge < -0.3 is 9.13 Å². The summed E-state index contributed by atoms with van der Waals surface area (Å²) in [7, 11) is 0. The summed E-state index contributed by atoms with van der Waals surface area (Å²) >= 11 is 2.17. The first-order valence-corrected chi connectivity index (χ1v) is 33.1. The molecule has 1 fully saturated rings. The number of rotatable bonds is 8. The number of hydrogen-bond acceptors (Lipinski definition) is 1. The van der Waals surface area contributed by atoms with E-state index in [0.29, 0.717) is 17.1 Å². The Morgan fingerprint density at radius 3 is 1.00 bits per heavy atom. The maximum absolute atomic E-state index is 2.60. The highest BCUT2D eigenvalue weighted by molar-refractivity contribution is 8.00. The Labute approximate surface area is 532 Å². The topological polar surface area (TPSA) is 9.86 Å². The summed E-state index contributed by atoms with van der Waals surface area (Å²) in [4.78, 5) is 1.45. The summed E-state index contributed by atoms with van der Waals surface area (Å²) in [6.45, 7) is 0. The van der Waals surface area contributed by atoms with Gasteiger partial charge in [0.15, 0.2) is 0 Å². The highest BCUT2D eigenvalue weighted by atomic mass is 32.2. The first-order valence-electron chi connectivity index (χ1n) is 32.2. The van der Waals surface area contributed by atoms with E-state index >= 15 is 0 Å². The van der Waals surface area contributed by atoms with Crippen molar-refractivity contribution < 1.29 is 0 Å². The van der Waals surface area contributed by atoms with E-state index in [2.05, 4.69) is 330 Å². The van der Waals surface area contributed by atoms with Crippen molar-refractivity contribution >= 4 is 98.5 Å². The summed E-state index contributed by atoms with van der Waals surface area (Å²) in [5.41, 5.74) is 22.7. The molecule has 1 saturated carbocycles. The molecule has 3 heterocycles. The minimum Gasteiger partial charge on any atom is -0.308 e. The van der Waals surface area contributed by atoms with Crippen LogP contribution in [0.15, 0.2) is 314 Å². The zero-order valence-corrected chi connectivity index (χ0v) is 50.9. The fourth-order valence-corrected chi connectivity index (χ4v) is 18.2. The van der Waals surface area contributed by atoms with E-state index in [9.17, 15) is 0 Å². The van der Waals surface area contributed by atoms with Gasteiger partial charge in [0.25, 0.3) is 0 Å². The minimum atomic E-state index is 0.308. The van der Waals surface area contributed by atoms with E-state index in [0.717, 1.165) is 6.42 Å². The predicted molar refractivity (Wildman–Crippen MR) is 388 cm³/mol. The molecule has 0 saturated heterocycles. The lowest BCUT2D eigenvalue weighted by atomic mass is 9.69. The second-order valence-electron chi connectivity index (χ2n) is 25.2. The summed E-state index contributed by atoms with van der Waals surface area (Å²) in [6.07, 6.45) is 3.51. The van der Waals surface area contributed by atoms with Crippen LogP contribution in [0.1, 0.15) is 42.2 Å². The first kappa shape index (κ1) is 52.2. The van der Waals surface area contributed by atoms with Crippen molar-refractivity contribution in [3.05, 3.63) is 321 Å². The van der Waals surface area contributed by atoms with E-state index in [1.807, 2.05) is 0 Å². The van der Waals surface area contributed by atoms with Gasteiger partial charge in [-0.15, -0.1) is 11.8 Å². The first-order chi connectivity index (χ1) is 45.2. The number of aromatic nitrogens is 2. The third-order valence-corrected chi connectivity index (χ3v) is 21.9. The van der Waals surface area contributed by atoms with Crippen molar-refractivity contribution in [2.75, 3.05) is 0 Å². The highest BCUT2D eigenvalue weighted by Crippen LogP contribution is 2.62. The van der Waals surface area contributed by atoms with Crippen LogP contribution in [0.5, 0.6) is 0 Å². The summed E-state index contributed by atoms with van der Waals surface area (Å²) in [6, 6.07) is 116. The van der Waals surface area contributed by atoms with E-state index in [1.165, 1.54) is 183 Å². The molecule has 15 aromatic carbocycles. The fourth-order valence-electron chi connectivity index (χ4n) is 16.5. The molecule has 1 aliphatic heterocycles. The minimum absolute atomic E-state index is 0.308. The van der Waals surface area contributed by atoms with Crippen molar-refractivity contribution in [3.8, 4) is 67.0 Å². The molecule has 1 aliphatic carbocycles. The molecular weight excluding hydrogens is 1120 g/mol. The van der Waals surface area contributed by atoms with Gasteiger partial charge in [-0.2, -0.15) is 0 Å². The van der Waals surface area contributed by atoms with Crippen molar-refractivity contribution in [3.63, 3.8) is 0 Å². The van der Waals surface area contributed by atoms with E-state index in [-0.39, 0.29) is 0 Å². The molecular formula is C88H60N2S. The summed E-state index contributed by atoms with van der Waals surface area (Å²) < 4.78 is 5.18. The van der Waals surface area contributed by atoms with E-state index < -0.39 is 0 Å². The van der Waals surface area contributed by atoms with Crippen LogP contribution in [0.2, 0.25) is 0 Å². The second kappa shape index (κ2) is 21.0. The summed E-state index contributed by atoms with van der Waals surface area (Å²) in [5, 5.41) is 15.8. The Morgan fingerprint density at radius 2 is 0.615 bits per heavy atom. The molecule has 3 unspecified atom stereocenters. The summed E-state index contributed by atoms with van der Waals surface area (Å²) in [5.74, 6) is 0.644. The lowest BCUT2D eigenvalue weighted by molar-refractivity contribution is 0.405. The van der Waals surface area contributed by atoms with Gasteiger partial charge in [-0.3, -0.25) is 0 Å². The maximum Gasteiger partial charge on any atom is 0.0619 e. The molecule has 91 heavy (non-hydrogen) atoms. The average molecular weight is 1180 g/mol. The Hall–Kier alpha value is -10.7. The van der Waals surface area contributed by atoms with Crippen molar-refractivity contribution in [1.29, 1.82) is 0 Å². The largest absolute Gasteiger partial charge is 0.308 e. The molecule has 0 spiro atoms. The Kier molecular flexibility index (Phi) is 12.0. The van der Waals surface area contributed by atoms with Gasteiger partial charge in [0.2, 0.25) is 0 Å². The molecule has 0 bridgehead atoms. The Bertz CT molecular complexity index is 5480. The third kappa shape index (κ3) is 8.14. The Balaban J connectivity index is 0.791. The predicted octanol–water partition coefficient (Wildman–Crippen LogP) is 24.4. The van der Waals surface area contributed by atoms with Gasteiger partial charge in [0, 0.05) is 59.2 Å². The standard InChI is InChI=1S/C88H60N2S/c1-5-23-55(24-6-1)59-43-47-78-74(51-59)75-52-60(56-25-7-2-8-26-56)44-48-79(75)89(78)86-67-35-17-13-31-63(67)83(64-32-14-18-36-68(64)86)71-39-22-42-82-85(71)73-41-21-40-72(88(73)91-82)84-65-33-15-19-37-69(65)87(70-38-20-16-34-66(70)84)90-80-49-45-61(57-27-9-3-10-28-57)53-76(80)77-54-62(46-50-81(77)90)58-29-11-4-12-30-58/h1-21,23-38,40-41,43-54,71,82,85H,22,39,42H2. The van der Waals surface area contributed by atoms with Gasteiger partial charge in [-0.25, -0.2) is 0 Å². The van der Waals surface area contributed by atoms with Crippen LogP contribution in [0, 0.1) is 0 Å². The monoisotopic (exact) mass is 1180 g/mol. The van der Waals surface area contributed by atoms with Crippen LogP contribution in [0.4, 0.5) is 0 Å². The van der Waals surface area contributed by atoms with Crippen LogP contribution < -0.4 is 0 Å². The molecule has 0 radical (unpaired) electrons. The lowest BCUT2D eigenvalue weighted by Crippen LogP contribution is -2.24. The molecule has 428 valence electrons. The van der Waals surface area contributed by atoms with Gasteiger partial charge >= 0.3 is 0 Å². The van der Waals surface area contributed by atoms with Crippen molar-refractivity contribution in [2.24, 2.45) is 0 Å². The SMILES string of the molecule is c1ccc(-c2ccc3c(c2)c2cc(-c4ccccc4)ccc2n3-c2c3ccccc3c(-c3cccc4c3SC3CCCC(c5c6ccccc6c(-n6c7ccc(-c8ccccc8)cc7c7cc(-c8ccccc8)ccc76)c6ccccc56)C43)c3ccccc23)cc1. The number of benzene rings is 15. The number of nitrogens with zero attached hydrogens (tertiary/aromatic N) is 2. The molecule has 2 nitrogen and oxygen atoms in total. The van der Waals surface area contributed by atoms with Crippen LogP contribution in [-0.4, -0.2) is 14.4 Å². The van der Waals surface area contributed by atoms with Crippen LogP contribution in [0.3, 0.4) is 0 Å². The van der Waals surface area contributed by atoms with Gasteiger partial charge in [-0.05, 0) is 156 Å². The van der Waals surface area contributed by atoms with E-state index in [4.69, 9.17) is 0 Å². The molecule has 2 aliphatic rings.